The molecule has 2 N–H and O–H groups in total. The molecule has 5 aliphatic carbocycles. The lowest BCUT2D eigenvalue weighted by Gasteiger charge is -2.70. The normalized spacial score (nSPS) is 42.8. The molecule has 0 bridgehead atoms. The summed E-state index contributed by atoms with van der Waals surface area (Å²) in [7, 11) is 0. The Hall–Kier alpha value is -3.03. The lowest BCUT2D eigenvalue weighted by atomic mass is 9.33. The number of ether oxygens (including phenoxy) is 1. The van der Waals surface area contributed by atoms with Crippen LogP contribution < -0.4 is 0 Å². The van der Waals surface area contributed by atoms with Crippen molar-refractivity contribution >= 4 is 23.7 Å². The van der Waals surface area contributed by atoms with Gasteiger partial charge in [-0.3, -0.25) is 9.59 Å². The van der Waals surface area contributed by atoms with Crippen molar-refractivity contribution in [2.24, 2.45) is 50.2 Å². The molecule has 1 aromatic carbocycles. The van der Waals surface area contributed by atoms with Crippen LogP contribution in [0.15, 0.2) is 29.8 Å². The Bertz CT molecular complexity index is 1560. The topological polar surface area (TPSA) is 118 Å². The van der Waals surface area contributed by atoms with Gasteiger partial charge in [-0.1, -0.05) is 47.1 Å². The number of halogens is 1. The van der Waals surface area contributed by atoms with Crippen molar-refractivity contribution < 1.29 is 38.5 Å². The van der Waals surface area contributed by atoms with Gasteiger partial charge in [0, 0.05) is 11.3 Å². The van der Waals surface area contributed by atoms with Crippen LogP contribution in [0.1, 0.15) is 127 Å². The highest BCUT2D eigenvalue weighted by atomic mass is 19.1. The summed E-state index contributed by atoms with van der Waals surface area (Å²) in [5.74, 6) is -3.61. The third kappa shape index (κ3) is 4.40. The second-order valence-electron chi connectivity index (χ2n) is 17.3. The SMILES string of the molecule is CC1(C)[C@@H](OC(=O)c2cc(F)ccc2C(=O)O)CC[C@]2(C)[C@H]3C(=O)C=C4[C@@H]5C[C@@](C)(C(=O)O)CC[C@]5(C)CC[C@@]4(C)[C@]3(C)CC[C@@H]12. The summed E-state index contributed by atoms with van der Waals surface area (Å²) in [5, 5.41) is 19.8. The van der Waals surface area contributed by atoms with Gasteiger partial charge in [0.05, 0.1) is 16.5 Å². The van der Waals surface area contributed by atoms with Gasteiger partial charge in [-0.2, -0.15) is 0 Å². The summed E-state index contributed by atoms with van der Waals surface area (Å²) in [6.45, 7) is 15.2. The van der Waals surface area contributed by atoms with Crippen LogP contribution >= 0.6 is 0 Å². The van der Waals surface area contributed by atoms with Gasteiger partial charge < -0.3 is 14.9 Å². The fourth-order valence-corrected chi connectivity index (χ4v) is 11.6. The van der Waals surface area contributed by atoms with Gasteiger partial charge in [-0.15, -0.1) is 0 Å². The van der Waals surface area contributed by atoms with E-state index in [1.807, 2.05) is 13.0 Å². The molecule has 1 aromatic rings. The number of hydrogen-bond acceptors (Lipinski definition) is 5. The van der Waals surface area contributed by atoms with Crippen molar-refractivity contribution in [1.29, 1.82) is 0 Å². The Balaban J connectivity index is 1.33. The number of allylic oxidation sites excluding steroid dienone is 2. The second-order valence-corrected chi connectivity index (χ2v) is 17.3. The third-order valence-corrected chi connectivity index (χ3v) is 14.7. The molecule has 250 valence electrons. The van der Waals surface area contributed by atoms with E-state index in [-0.39, 0.29) is 56.3 Å². The monoisotopic (exact) mass is 636 g/mol. The number of carboxylic acids is 2. The highest BCUT2D eigenvalue weighted by Gasteiger charge is 2.70. The quantitative estimate of drug-likeness (QED) is 0.321. The van der Waals surface area contributed by atoms with Gasteiger partial charge in [0.15, 0.2) is 5.78 Å². The van der Waals surface area contributed by atoms with Gasteiger partial charge in [0.25, 0.3) is 0 Å². The average Bonchev–Trinajstić information content (AvgIpc) is 2.96. The van der Waals surface area contributed by atoms with Crippen LogP contribution in [0.25, 0.3) is 0 Å². The standard InChI is InChI=1S/C38H49FO7/c1-33(2)27-10-13-38(7)29(36(27,5)12-11-28(33)46-31(43)23-18-21(39)8-9-22(23)30(41)42)26(40)19-24-25-20-35(4,32(44)45)15-14-34(25,3)16-17-37(24,38)6/h8-9,18-19,25,27-29H,10-17,20H2,1-7H3,(H,41,42)(H,44,45)/t25-,27-,28-,29+,34+,35-,36-,37+,38+/m0/s1. The van der Waals surface area contributed by atoms with Crippen LogP contribution in [0, 0.1) is 56.1 Å². The highest BCUT2D eigenvalue weighted by molar-refractivity contribution is 6.02. The smallest absolute Gasteiger partial charge is 0.339 e. The van der Waals surface area contributed by atoms with Gasteiger partial charge in [-0.05, 0) is 122 Å². The number of fused-ring (bicyclic) bond motifs is 7. The van der Waals surface area contributed by atoms with E-state index in [2.05, 4.69) is 41.5 Å². The molecule has 0 heterocycles. The maximum Gasteiger partial charge on any atom is 0.339 e. The predicted octanol–water partition coefficient (Wildman–Crippen LogP) is 8.11. The minimum atomic E-state index is -1.32. The highest BCUT2D eigenvalue weighted by Crippen LogP contribution is 2.75. The molecule has 0 spiro atoms. The summed E-state index contributed by atoms with van der Waals surface area (Å²) in [6, 6.07) is 3.02. The number of hydrogen-bond donors (Lipinski definition) is 2. The Kier molecular flexibility index (Phi) is 7.32. The van der Waals surface area contributed by atoms with E-state index in [0.29, 0.717) is 25.7 Å². The summed E-state index contributed by atoms with van der Waals surface area (Å²) in [6.07, 6.45) is 8.30. The van der Waals surface area contributed by atoms with Gasteiger partial charge >= 0.3 is 17.9 Å². The number of carbonyl (C=O) groups is 4. The summed E-state index contributed by atoms with van der Waals surface area (Å²) in [5.41, 5.74) is -1.68. The molecule has 0 saturated heterocycles. The molecule has 8 heteroatoms. The number of benzene rings is 1. The van der Waals surface area contributed by atoms with E-state index in [0.717, 1.165) is 50.3 Å². The number of carboxylic acid groups (broad SMARTS) is 2. The molecule has 4 saturated carbocycles. The molecule has 5 aliphatic rings. The minimum absolute atomic E-state index is 0.0169. The first kappa shape index (κ1) is 32.9. The number of esters is 1. The van der Waals surface area contributed by atoms with Crippen LogP contribution in [0.4, 0.5) is 4.39 Å². The first-order valence-corrected chi connectivity index (χ1v) is 17.0. The Morgan fingerprint density at radius 1 is 0.870 bits per heavy atom. The number of rotatable bonds is 4. The van der Waals surface area contributed by atoms with E-state index in [1.165, 1.54) is 5.57 Å². The van der Waals surface area contributed by atoms with E-state index in [1.54, 1.807) is 0 Å². The average molecular weight is 637 g/mol. The van der Waals surface area contributed by atoms with Crippen LogP contribution in [0.5, 0.6) is 0 Å². The molecule has 6 rings (SSSR count). The lowest BCUT2D eigenvalue weighted by Crippen LogP contribution is -2.66. The summed E-state index contributed by atoms with van der Waals surface area (Å²) in [4.78, 5) is 52.1. The molecule has 4 fully saturated rings. The van der Waals surface area contributed by atoms with Crippen molar-refractivity contribution in [3.63, 3.8) is 0 Å². The van der Waals surface area contributed by atoms with E-state index >= 15 is 0 Å². The van der Waals surface area contributed by atoms with Crippen molar-refractivity contribution in [2.75, 3.05) is 0 Å². The zero-order chi connectivity index (χ0) is 33.8. The van der Waals surface area contributed by atoms with Gasteiger partial charge in [0.2, 0.25) is 0 Å². The van der Waals surface area contributed by atoms with E-state index < -0.39 is 40.7 Å². The molecular weight excluding hydrogens is 587 g/mol. The predicted molar refractivity (Wildman–Crippen MR) is 170 cm³/mol. The molecule has 0 radical (unpaired) electrons. The fraction of sp³-hybridized carbons (Fsp3) is 0.684. The van der Waals surface area contributed by atoms with Crippen LogP contribution in [-0.4, -0.2) is 40.0 Å². The van der Waals surface area contributed by atoms with Crippen LogP contribution in [0.3, 0.4) is 0 Å². The van der Waals surface area contributed by atoms with Crippen LogP contribution in [0.2, 0.25) is 0 Å². The van der Waals surface area contributed by atoms with Gasteiger partial charge in [-0.25, -0.2) is 14.0 Å². The van der Waals surface area contributed by atoms with Crippen molar-refractivity contribution in [3.8, 4) is 0 Å². The molecule has 7 nitrogen and oxygen atoms in total. The first-order chi connectivity index (χ1) is 21.2. The Morgan fingerprint density at radius 3 is 2.20 bits per heavy atom. The summed E-state index contributed by atoms with van der Waals surface area (Å²) >= 11 is 0. The van der Waals surface area contributed by atoms with E-state index in [9.17, 15) is 33.8 Å². The second kappa shape index (κ2) is 10.2. The fourth-order valence-electron chi connectivity index (χ4n) is 11.6. The molecule has 0 aromatic heterocycles. The first-order valence-electron chi connectivity index (χ1n) is 17.0. The lowest BCUT2D eigenvalue weighted by molar-refractivity contribution is -0.202. The number of carbonyl (C=O) groups excluding carboxylic acids is 2. The Morgan fingerprint density at radius 2 is 1.54 bits per heavy atom. The Labute approximate surface area is 271 Å². The summed E-state index contributed by atoms with van der Waals surface area (Å²) < 4.78 is 20.1. The third-order valence-electron chi connectivity index (χ3n) is 14.7. The molecule has 0 amide bonds. The number of aromatic carboxylic acids is 1. The minimum Gasteiger partial charge on any atom is -0.481 e. The molecule has 46 heavy (non-hydrogen) atoms. The molecular formula is C38H49FO7. The zero-order valence-electron chi connectivity index (χ0n) is 28.3. The molecule has 9 atom stereocenters. The van der Waals surface area contributed by atoms with E-state index in [4.69, 9.17) is 4.74 Å². The molecule has 0 unspecified atom stereocenters. The van der Waals surface area contributed by atoms with Gasteiger partial charge in [0.1, 0.15) is 11.9 Å². The largest absolute Gasteiger partial charge is 0.481 e. The molecule has 0 aliphatic heterocycles. The van der Waals surface area contributed by atoms with Crippen molar-refractivity contribution in [1.82, 2.24) is 0 Å². The number of aliphatic carboxylic acids is 1. The van der Waals surface area contributed by atoms with Crippen molar-refractivity contribution in [3.05, 3.63) is 46.8 Å². The maximum atomic E-state index is 14.6. The van der Waals surface area contributed by atoms with Crippen LogP contribution in [-0.2, 0) is 14.3 Å². The number of ketones is 1. The maximum absolute atomic E-state index is 14.6. The van der Waals surface area contributed by atoms with Crippen molar-refractivity contribution in [2.45, 2.75) is 112 Å². The zero-order valence-corrected chi connectivity index (χ0v) is 28.3.